The molecule has 1 heterocycles. The molecule has 1 saturated heterocycles. The molecule has 2 nitrogen and oxygen atoms in total. The van der Waals surface area contributed by atoms with Crippen molar-refractivity contribution >= 4 is 58.3 Å². The van der Waals surface area contributed by atoms with Gasteiger partial charge in [0.2, 0.25) is 3.67 Å². The van der Waals surface area contributed by atoms with Gasteiger partial charge in [0.15, 0.2) is 9.84 Å². The molecule has 0 N–H and O–H groups in total. The fourth-order valence-electron chi connectivity index (χ4n) is 2.86. The van der Waals surface area contributed by atoms with E-state index in [0.29, 0.717) is 16.9 Å². The van der Waals surface area contributed by atoms with Crippen LogP contribution in [0.1, 0.15) is 77.6 Å². The van der Waals surface area contributed by atoms with E-state index in [2.05, 4.69) is 32.2 Å². The van der Waals surface area contributed by atoms with Crippen LogP contribution in [0.5, 0.6) is 0 Å². The van der Waals surface area contributed by atoms with E-state index >= 15 is 0 Å². The van der Waals surface area contributed by atoms with E-state index in [-0.39, 0.29) is 0 Å². The van der Waals surface area contributed by atoms with Crippen molar-refractivity contribution in [1.29, 1.82) is 0 Å². The maximum Gasteiger partial charge on any atom is 0.234 e. The first-order valence-electron chi connectivity index (χ1n) is 8.72. The molecule has 138 valence electrons. The number of rotatable bonds is 5. The van der Waals surface area contributed by atoms with Crippen molar-refractivity contribution in [3.8, 4) is 0 Å². The summed E-state index contributed by atoms with van der Waals surface area (Å²) in [6.45, 7) is 2.11. The molecule has 1 aliphatic carbocycles. The van der Waals surface area contributed by atoms with Gasteiger partial charge in [-0.1, -0.05) is 81.5 Å². The minimum absolute atomic E-state index is 0.514. The summed E-state index contributed by atoms with van der Waals surface area (Å²) in [6, 6.07) is 0. The lowest BCUT2D eigenvalue weighted by atomic mass is 10.0. The van der Waals surface area contributed by atoms with Crippen molar-refractivity contribution < 1.29 is 8.42 Å². The van der Waals surface area contributed by atoms with E-state index < -0.39 is 18.8 Å². The van der Waals surface area contributed by atoms with Crippen molar-refractivity contribution in [2.24, 2.45) is 0 Å². The fourth-order valence-corrected chi connectivity index (χ4v) is 6.33. The van der Waals surface area contributed by atoms with Crippen LogP contribution in [0.25, 0.3) is 0 Å². The summed E-state index contributed by atoms with van der Waals surface area (Å²) in [4.78, 5) is 0. The summed E-state index contributed by atoms with van der Waals surface area (Å²) in [7, 11) is -3.19. The lowest BCUT2D eigenvalue weighted by molar-refractivity contribution is 0.524. The molecule has 1 aliphatic heterocycles. The smallest absolute Gasteiger partial charge is 0.225 e. The standard InChI is InChI=1S/C8H14Cl2O2S.C8H16S2/c1-2-3-4-5-6-7-8(9,10)13(7,11)12;9-7-5-3-1-2-4-6-8(7)10/h7H,2-6H2,1H3;7-10H,1-6H2. The normalized spacial score (nSPS) is 32.1. The first kappa shape index (κ1) is 22.3. The first-order chi connectivity index (χ1) is 10.7. The average Bonchev–Trinajstić information content (AvgIpc) is 2.87. The minimum Gasteiger partial charge on any atom is -0.225 e. The molecule has 2 fully saturated rings. The quantitative estimate of drug-likeness (QED) is 0.254. The monoisotopic (exact) mass is 420 g/mol. The van der Waals surface area contributed by atoms with Crippen LogP contribution in [0, 0.1) is 0 Å². The molecule has 2 aliphatic rings. The van der Waals surface area contributed by atoms with Crippen molar-refractivity contribution in [1.82, 2.24) is 0 Å². The lowest BCUT2D eigenvalue weighted by Gasteiger charge is -2.20. The summed E-state index contributed by atoms with van der Waals surface area (Å²) >= 11 is 20.2. The van der Waals surface area contributed by atoms with Crippen molar-refractivity contribution in [3.63, 3.8) is 0 Å². The molecule has 0 aromatic rings. The second-order valence-electron chi connectivity index (χ2n) is 6.57. The molecule has 1 saturated carbocycles. The van der Waals surface area contributed by atoms with Gasteiger partial charge in [-0.3, -0.25) is 0 Å². The summed E-state index contributed by atoms with van der Waals surface area (Å²) in [5, 5.41) is 0.576. The minimum atomic E-state index is -3.19. The lowest BCUT2D eigenvalue weighted by Crippen LogP contribution is -2.16. The van der Waals surface area contributed by atoms with Crippen LogP contribution in [0.15, 0.2) is 0 Å². The predicted molar refractivity (Wildman–Crippen MR) is 109 cm³/mol. The number of hydrogen-bond acceptors (Lipinski definition) is 4. The molecule has 23 heavy (non-hydrogen) atoms. The summed E-state index contributed by atoms with van der Waals surface area (Å²) in [6.07, 6.45) is 12.9. The highest BCUT2D eigenvalue weighted by molar-refractivity contribution is 8.04. The Labute approximate surface area is 163 Å². The number of halogens is 2. The van der Waals surface area contributed by atoms with E-state index in [1.54, 1.807) is 0 Å². The van der Waals surface area contributed by atoms with E-state index in [9.17, 15) is 8.42 Å². The van der Waals surface area contributed by atoms with E-state index in [0.717, 1.165) is 25.7 Å². The predicted octanol–water partition coefficient (Wildman–Crippen LogP) is 5.82. The Balaban J connectivity index is 0.000000238. The van der Waals surface area contributed by atoms with Crippen LogP contribution in [-0.4, -0.2) is 27.8 Å². The summed E-state index contributed by atoms with van der Waals surface area (Å²) < 4.78 is 20.8. The van der Waals surface area contributed by atoms with Crippen molar-refractivity contribution in [2.45, 2.75) is 97.0 Å². The van der Waals surface area contributed by atoms with E-state index in [1.807, 2.05) is 0 Å². The van der Waals surface area contributed by atoms with Gasteiger partial charge in [0.25, 0.3) is 0 Å². The fraction of sp³-hybridized carbons (Fsp3) is 1.00. The molecular formula is C16H30Cl2O2S3. The SMILES string of the molecule is CCCCCCC1C(Cl)(Cl)S1(=O)=O.SC1CCCCCCC1S. The highest BCUT2D eigenvalue weighted by atomic mass is 35.5. The zero-order valence-corrected chi connectivity index (χ0v) is 18.0. The van der Waals surface area contributed by atoms with Gasteiger partial charge in [0, 0.05) is 10.5 Å². The Morgan fingerprint density at radius 1 is 0.957 bits per heavy atom. The van der Waals surface area contributed by atoms with Gasteiger partial charge in [-0.15, -0.1) is 0 Å². The van der Waals surface area contributed by atoms with Gasteiger partial charge >= 0.3 is 0 Å². The van der Waals surface area contributed by atoms with Gasteiger partial charge in [0.05, 0.1) is 0 Å². The Bertz CT molecular complexity index is 429. The van der Waals surface area contributed by atoms with Gasteiger partial charge in [-0.2, -0.15) is 25.3 Å². The Hall–Kier alpha value is 1.23. The third kappa shape index (κ3) is 6.80. The van der Waals surface area contributed by atoms with Crippen LogP contribution >= 0.6 is 48.5 Å². The van der Waals surface area contributed by atoms with Gasteiger partial charge in [-0.05, 0) is 19.3 Å². The topological polar surface area (TPSA) is 34.1 Å². The molecule has 0 bridgehead atoms. The van der Waals surface area contributed by atoms with Crippen molar-refractivity contribution in [2.75, 3.05) is 0 Å². The first-order valence-corrected chi connectivity index (χ1v) is 12.1. The zero-order valence-electron chi connectivity index (χ0n) is 13.9. The highest BCUT2D eigenvalue weighted by Crippen LogP contribution is 2.54. The third-order valence-electron chi connectivity index (χ3n) is 4.59. The second-order valence-corrected chi connectivity index (χ2v) is 12.0. The zero-order chi connectivity index (χ0) is 17.5. The maximum atomic E-state index is 11.1. The molecule has 3 atom stereocenters. The van der Waals surface area contributed by atoms with Crippen LogP contribution in [0.4, 0.5) is 0 Å². The number of hydrogen-bond donors (Lipinski definition) is 2. The number of unbranched alkanes of at least 4 members (excludes halogenated alkanes) is 3. The Morgan fingerprint density at radius 2 is 1.43 bits per heavy atom. The number of alkyl halides is 2. The average molecular weight is 422 g/mol. The molecule has 0 aromatic heterocycles. The van der Waals surface area contributed by atoms with Gasteiger partial charge in [-0.25, -0.2) is 8.42 Å². The van der Waals surface area contributed by atoms with Gasteiger partial charge in [0.1, 0.15) is 5.25 Å². The molecule has 0 spiro atoms. The number of sulfone groups is 1. The molecule has 0 aromatic carbocycles. The largest absolute Gasteiger partial charge is 0.234 e. The second kappa shape index (κ2) is 10.4. The molecule has 0 amide bonds. The van der Waals surface area contributed by atoms with E-state index in [4.69, 9.17) is 23.2 Å². The van der Waals surface area contributed by atoms with E-state index in [1.165, 1.54) is 38.5 Å². The number of thiol groups is 2. The molecule has 7 heteroatoms. The van der Waals surface area contributed by atoms with Crippen LogP contribution in [-0.2, 0) is 9.84 Å². The maximum absolute atomic E-state index is 11.1. The van der Waals surface area contributed by atoms with Gasteiger partial charge < -0.3 is 0 Å². The highest BCUT2D eigenvalue weighted by Gasteiger charge is 2.70. The van der Waals surface area contributed by atoms with Crippen molar-refractivity contribution in [3.05, 3.63) is 0 Å². The van der Waals surface area contributed by atoms with Crippen LogP contribution in [0.2, 0.25) is 0 Å². The molecule has 3 unspecified atom stereocenters. The molecular weight excluding hydrogens is 391 g/mol. The third-order valence-corrected chi connectivity index (χ3v) is 10.3. The van der Waals surface area contributed by atoms with Crippen LogP contribution in [0.3, 0.4) is 0 Å². The molecule has 0 radical (unpaired) electrons. The summed E-state index contributed by atoms with van der Waals surface area (Å²) in [5.74, 6) is 0. The Morgan fingerprint density at radius 3 is 1.83 bits per heavy atom. The Kier molecular flexibility index (Phi) is 10.1. The van der Waals surface area contributed by atoms with Crippen LogP contribution < -0.4 is 0 Å². The molecule has 2 rings (SSSR count). The summed E-state index contributed by atoms with van der Waals surface area (Å²) in [5.41, 5.74) is 0.